The second-order valence-electron chi connectivity index (χ2n) is 4.32. The average molecular weight is 190 g/mol. The van der Waals surface area contributed by atoms with Gasteiger partial charge in [0.25, 0.3) is 0 Å². The van der Waals surface area contributed by atoms with Crippen LogP contribution in [0, 0.1) is 5.92 Å². The van der Waals surface area contributed by atoms with Crippen LogP contribution in [0.2, 0.25) is 0 Å². The molecule has 14 heavy (non-hydrogen) atoms. The van der Waals surface area contributed by atoms with E-state index in [1.807, 2.05) is 24.4 Å². The number of rotatable bonds is 2. The SMILES string of the molecule is C[C@H]1CC[C@H](Nc2ccccn2)CC1. The minimum Gasteiger partial charge on any atom is -0.367 e. The van der Waals surface area contributed by atoms with Crippen molar-refractivity contribution in [3.05, 3.63) is 24.4 Å². The fourth-order valence-electron chi connectivity index (χ4n) is 2.06. The van der Waals surface area contributed by atoms with Gasteiger partial charge in [0.1, 0.15) is 5.82 Å². The summed E-state index contributed by atoms with van der Waals surface area (Å²) >= 11 is 0. The minimum absolute atomic E-state index is 0.640. The van der Waals surface area contributed by atoms with E-state index in [4.69, 9.17) is 0 Å². The summed E-state index contributed by atoms with van der Waals surface area (Å²) in [7, 11) is 0. The number of aromatic nitrogens is 1. The molecule has 0 bridgehead atoms. The van der Waals surface area contributed by atoms with Crippen molar-refractivity contribution in [3.8, 4) is 0 Å². The Morgan fingerprint density at radius 3 is 2.64 bits per heavy atom. The Morgan fingerprint density at radius 1 is 1.21 bits per heavy atom. The molecule has 1 aliphatic rings. The molecular formula is C12H18N2. The predicted molar refractivity (Wildman–Crippen MR) is 59.3 cm³/mol. The molecule has 1 aromatic rings. The summed E-state index contributed by atoms with van der Waals surface area (Å²) in [5, 5.41) is 3.49. The van der Waals surface area contributed by atoms with Crippen molar-refractivity contribution in [2.45, 2.75) is 38.6 Å². The third kappa shape index (κ3) is 2.47. The first-order chi connectivity index (χ1) is 6.84. The fourth-order valence-corrected chi connectivity index (χ4v) is 2.06. The van der Waals surface area contributed by atoms with Gasteiger partial charge in [-0.2, -0.15) is 0 Å². The smallest absolute Gasteiger partial charge is 0.126 e. The zero-order valence-electron chi connectivity index (χ0n) is 8.74. The van der Waals surface area contributed by atoms with Crippen molar-refractivity contribution < 1.29 is 0 Å². The van der Waals surface area contributed by atoms with E-state index in [1.54, 1.807) is 0 Å². The highest BCUT2D eigenvalue weighted by Crippen LogP contribution is 2.25. The first kappa shape index (κ1) is 9.50. The van der Waals surface area contributed by atoms with Gasteiger partial charge < -0.3 is 5.32 Å². The number of hydrogen-bond acceptors (Lipinski definition) is 2. The van der Waals surface area contributed by atoms with Crippen molar-refractivity contribution in [3.63, 3.8) is 0 Å². The second-order valence-corrected chi connectivity index (χ2v) is 4.32. The Hall–Kier alpha value is -1.05. The largest absolute Gasteiger partial charge is 0.367 e. The summed E-state index contributed by atoms with van der Waals surface area (Å²) in [6, 6.07) is 6.66. The normalized spacial score (nSPS) is 27.2. The molecule has 1 aliphatic carbocycles. The van der Waals surface area contributed by atoms with E-state index in [0.29, 0.717) is 6.04 Å². The van der Waals surface area contributed by atoms with Gasteiger partial charge in [-0.3, -0.25) is 0 Å². The summed E-state index contributed by atoms with van der Waals surface area (Å²) < 4.78 is 0. The Balaban J connectivity index is 1.87. The van der Waals surface area contributed by atoms with E-state index in [9.17, 15) is 0 Å². The molecule has 0 amide bonds. The molecule has 0 spiro atoms. The zero-order valence-corrected chi connectivity index (χ0v) is 8.74. The molecular weight excluding hydrogens is 172 g/mol. The van der Waals surface area contributed by atoms with Crippen LogP contribution in [0.4, 0.5) is 5.82 Å². The summed E-state index contributed by atoms with van der Waals surface area (Å²) in [6.07, 6.45) is 7.12. The summed E-state index contributed by atoms with van der Waals surface area (Å²) in [5.41, 5.74) is 0. The quantitative estimate of drug-likeness (QED) is 0.775. The maximum absolute atomic E-state index is 4.28. The van der Waals surface area contributed by atoms with Crippen LogP contribution >= 0.6 is 0 Å². The van der Waals surface area contributed by atoms with Crippen LogP contribution < -0.4 is 5.32 Å². The van der Waals surface area contributed by atoms with Gasteiger partial charge >= 0.3 is 0 Å². The maximum atomic E-state index is 4.28. The van der Waals surface area contributed by atoms with E-state index in [-0.39, 0.29) is 0 Å². The first-order valence-electron chi connectivity index (χ1n) is 5.52. The van der Waals surface area contributed by atoms with Crippen molar-refractivity contribution in [1.29, 1.82) is 0 Å². The molecule has 0 aliphatic heterocycles. The lowest BCUT2D eigenvalue weighted by Crippen LogP contribution is -2.25. The van der Waals surface area contributed by atoms with Crippen LogP contribution in [0.25, 0.3) is 0 Å². The third-order valence-electron chi connectivity index (χ3n) is 3.03. The summed E-state index contributed by atoms with van der Waals surface area (Å²) in [5.74, 6) is 1.93. The van der Waals surface area contributed by atoms with Gasteiger partial charge in [0.15, 0.2) is 0 Å². The molecule has 0 saturated heterocycles. The van der Waals surface area contributed by atoms with Crippen molar-refractivity contribution in [1.82, 2.24) is 4.98 Å². The van der Waals surface area contributed by atoms with Crippen molar-refractivity contribution in [2.24, 2.45) is 5.92 Å². The molecule has 2 heteroatoms. The van der Waals surface area contributed by atoms with Gasteiger partial charge in [-0.25, -0.2) is 4.98 Å². The Morgan fingerprint density at radius 2 is 2.00 bits per heavy atom. The standard InChI is InChI=1S/C12H18N2/c1-10-5-7-11(8-6-10)14-12-4-2-3-9-13-12/h2-4,9-11H,5-8H2,1H3,(H,13,14)/t10-,11-. The van der Waals surface area contributed by atoms with Crippen molar-refractivity contribution >= 4 is 5.82 Å². The molecule has 0 atom stereocenters. The molecule has 2 nitrogen and oxygen atoms in total. The van der Waals surface area contributed by atoms with Gasteiger partial charge in [0, 0.05) is 12.2 Å². The molecule has 0 aromatic carbocycles. The van der Waals surface area contributed by atoms with Crippen LogP contribution in [0.5, 0.6) is 0 Å². The highest BCUT2D eigenvalue weighted by Gasteiger charge is 2.17. The number of nitrogens with zero attached hydrogens (tertiary/aromatic N) is 1. The van der Waals surface area contributed by atoms with Crippen LogP contribution in [0.1, 0.15) is 32.6 Å². The van der Waals surface area contributed by atoms with E-state index in [2.05, 4.69) is 17.2 Å². The lowest BCUT2D eigenvalue weighted by atomic mass is 9.87. The third-order valence-corrected chi connectivity index (χ3v) is 3.03. The Kier molecular flexibility index (Phi) is 3.02. The predicted octanol–water partition coefficient (Wildman–Crippen LogP) is 3.07. The first-order valence-corrected chi connectivity index (χ1v) is 5.52. The monoisotopic (exact) mass is 190 g/mol. The molecule has 0 unspecified atom stereocenters. The molecule has 1 aromatic heterocycles. The summed E-state index contributed by atoms with van der Waals surface area (Å²) in [4.78, 5) is 4.28. The van der Waals surface area contributed by atoms with Crippen LogP contribution in [-0.4, -0.2) is 11.0 Å². The van der Waals surface area contributed by atoms with Crippen LogP contribution in [0.15, 0.2) is 24.4 Å². The van der Waals surface area contributed by atoms with E-state index >= 15 is 0 Å². The average Bonchev–Trinajstić information content (AvgIpc) is 2.23. The van der Waals surface area contributed by atoms with E-state index < -0.39 is 0 Å². The highest BCUT2D eigenvalue weighted by atomic mass is 15.0. The van der Waals surface area contributed by atoms with Gasteiger partial charge in [-0.15, -0.1) is 0 Å². The Bertz CT molecular complexity index is 263. The number of nitrogens with one attached hydrogen (secondary N) is 1. The van der Waals surface area contributed by atoms with Crippen LogP contribution in [-0.2, 0) is 0 Å². The fraction of sp³-hybridized carbons (Fsp3) is 0.583. The highest BCUT2D eigenvalue weighted by molar-refractivity contribution is 5.34. The van der Waals surface area contributed by atoms with Gasteiger partial charge in [-0.05, 0) is 43.7 Å². The molecule has 1 N–H and O–H groups in total. The zero-order chi connectivity index (χ0) is 9.80. The second kappa shape index (κ2) is 4.45. The molecule has 2 rings (SSSR count). The number of anilines is 1. The van der Waals surface area contributed by atoms with Gasteiger partial charge in [0.05, 0.1) is 0 Å². The van der Waals surface area contributed by atoms with Crippen LogP contribution in [0.3, 0.4) is 0 Å². The molecule has 1 heterocycles. The summed E-state index contributed by atoms with van der Waals surface area (Å²) in [6.45, 7) is 2.34. The lowest BCUT2D eigenvalue weighted by molar-refractivity contribution is 0.361. The molecule has 1 fully saturated rings. The van der Waals surface area contributed by atoms with Gasteiger partial charge in [0.2, 0.25) is 0 Å². The van der Waals surface area contributed by atoms with Crippen molar-refractivity contribution in [2.75, 3.05) is 5.32 Å². The molecule has 0 radical (unpaired) electrons. The number of pyridine rings is 1. The molecule has 1 saturated carbocycles. The maximum Gasteiger partial charge on any atom is 0.126 e. The number of hydrogen-bond donors (Lipinski definition) is 1. The van der Waals surface area contributed by atoms with Gasteiger partial charge in [-0.1, -0.05) is 13.0 Å². The lowest BCUT2D eigenvalue weighted by Gasteiger charge is -2.27. The van der Waals surface area contributed by atoms with E-state index in [0.717, 1.165) is 11.7 Å². The molecule has 76 valence electrons. The van der Waals surface area contributed by atoms with E-state index in [1.165, 1.54) is 25.7 Å². The topological polar surface area (TPSA) is 24.9 Å². The Labute approximate surface area is 85.7 Å². The minimum atomic E-state index is 0.640.